The van der Waals surface area contributed by atoms with Crippen molar-refractivity contribution in [1.82, 2.24) is 4.90 Å². The van der Waals surface area contributed by atoms with Crippen LogP contribution in [0.25, 0.3) is 6.08 Å². The molecule has 0 atom stereocenters. The Kier molecular flexibility index (Phi) is 5.80. The van der Waals surface area contributed by atoms with Gasteiger partial charge in [0.25, 0.3) is 5.91 Å². The lowest BCUT2D eigenvalue weighted by Crippen LogP contribution is -2.33. The molecule has 0 aliphatic heterocycles. The number of hydrogen-bond donors (Lipinski definition) is 1. The molecule has 3 aromatic rings. The molecular formula is C23H19NO3. The van der Waals surface area contributed by atoms with Gasteiger partial charge in [-0.15, -0.1) is 0 Å². The largest absolute Gasteiger partial charge is 0.477 e. The first-order valence-corrected chi connectivity index (χ1v) is 8.56. The zero-order valence-corrected chi connectivity index (χ0v) is 14.7. The topological polar surface area (TPSA) is 57.6 Å². The molecule has 4 heteroatoms. The molecule has 0 spiro atoms. The van der Waals surface area contributed by atoms with Crippen molar-refractivity contribution in [3.8, 4) is 0 Å². The molecule has 4 nitrogen and oxygen atoms in total. The van der Waals surface area contributed by atoms with E-state index in [2.05, 4.69) is 0 Å². The Balaban J connectivity index is 2.05. The number of amides is 1. The lowest BCUT2D eigenvalue weighted by atomic mass is 10.1. The van der Waals surface area contributed by atoms with E-state index in [4.69, 9.17) is 0 Å². The smallest absolute Gasteiger partial charge is 0.352 e. The van der Waals surface area contributed by atoms with Crippen LogP contribution in [-0.2, 0) is 11.3 Å². The minimum atomic E-state index is -1.15. The Morgan fingerprint density at radius 1 is 0.778 bits per heavy atom. The van der Waals surface area contributed by atoms with Crippen LogP contribution >= 0.6 is 0 Å². The summed E-state index contributed by atoms with van der Waals surface area (Å²) in [4.78, 5) is 26.4. The number of nitrogens with zero attached hydrogens (tertiary/aromatic N) is 1. The van der Waals surface area contributed by atoms with Crippen LogP contribution < -0.4 is 0 Å². The normalized spacial score (nSPS) is 11.0. The highest BCUT2D eigenvalue weighted by Gasteiger charge is 2.24. The molecule has 1 amide bonds. The van der Waals surface area contributed by atoms with Gasteiger partial charge in [-0.3, -0.25) is 9.69 Å². The molecule has 0 radical (unpaired) electrons. The highest BCUT2D eigenvalue weighted by molar-refractivity contribution is 6.02. The van der Waals surface area contributed by atoms with Gasteiger partial charge >= 0.3 is 5.97 Å². The summed E-state index contributed by atoms with van der Waals surface area (Å²) in [6.45, 7) is 0.166. The van der Waals surface area contributed by atoms with Gasteiger partial charge in [-0.1, -0.05) is 78.9 Å². The maximum Gasteiger partial charge on any atom is 0.352 e. The van der Waals surface area contributed by atoms with Gasteiger partial charge in [0.1, 0.15) is 5.70 Å². The standard InChI is InChI=1S/C23H19NO3/c25-22(20-14-8-3-9-15-20)24(17-19-12-6-2-7-13-19)21(23(26)27)16-18-10-4-1-5-11-18/h1-16H,17H2,(H,26,27). The van der Waals surface area contributed by atoms with E-state index < -0.39 is 5.97 Å². The molecule has 0 aromatic heterocycles. The minimum Gasteiger partial charge on any atom is -0.477 e. The van der Waals surface area contributed by atoms with Crippen LogP contribution in [0.1, 0.15) is 21.5 Å². The molecule has 1 N–H and O–H groups in total. The fraction of sp³-hybridized carbons (Fsp3) is 0.0435. The number of hydrogen-bond acceptors (Lipinski definition) is 2. The third kappa shape index (κ3) is 4.70. The van der Waals surface area contributed by atoms with Crippen LogP contribution in [0.4, 0.5) is 0 Å². The van der Waals surface area contributed by atoms with Crippen molar-refractivity contribution >= 4 is 18.0 Å². The monoisotopic (exact) mass is 357 g/mol. The number of benzene rings is 3. The second-order valence-electron chi connectivity index (χ2n) is 5.99. The number of carboxylic acid groups (broad SMARTS) is 1. The van der Waals surface area contributed by atoms with Gasteiger partial charge < -0.3 is 5.11 Å². The predicted molar refractivity (Wildman–Crippen MR) is 105 cm³/mol. The molecule has 3 rings (SSSR count). The summed E-state index contributed by atoms with van der Waals surface area (Å²) >= 11 is 0. The van der Waals surface area contributed by atoms with Crippen molar-refractivity contribution in [1.29, 1.82) is 0 Å². The average molecular weight is 357 g/mol. The molecule has 0 saturated heterocycles. The zero-order chi connectivity index (χ0) is 19.1. The Morgan fingerprint density at radius 2 is 1.30 bits per heavy atom. The third-order valence-electron chi connectivity index (χ3n) is 4.06. The van der Waals surface area contributed by atoms with Crippen LogP contribution in [0, 0.1) is 0 Å². The van der Waals surface area contributed by atoms with E-state index in [9.17, 15) is 14.7 Å². The van der Waals surface area contributed by atoms with Gasteiger partial charge in [0.05, 0.1) is 6.54 Å². The quantitative estimate of drug-likeness (QED) is 0.663. The number of aliphatic carboxylic acids is 1. The van der Waals surface area contributed by atoms with Crippen molar-refractivity contribution in [2.75, 3.05) is 0 Å². The summed E-state index contributed by atoms with van der Waals surface area (Å²) in [7, 11) is 0. The first kappa shape index (κ1) is 18.1. The molecule has 0 unspecified atom stereocenters. The molecule has 134 valence electrons. The van der Waals surface area contributed by atoms with E-state index in [0.29, 0.717) is 11.1 Å². The summed E-state index contributed by atoms with van der Waals surface area (Å²) in [6, 6.07) is 27.2. The molecule has 0 aliphatic rings. The Morgan fingerprint density at radius 3 is 1.85 bits per heavy atom. The fourth-order valence-corrected chi connectivity index (χ4v) is 2.73. The molecule has 0 fully saturated rings. The summed E-state index contributed by atoms with van der Waals surface area (Å²) in [5.74, 6) is -1.51. The van der Waals surface area contributed by atoms with Crippen LogP contribution in [0.2, 0.25) is 0 Å². The second kappa shape index (κ2) is 8.63. The maximum atomic E-state index is 13.1. The zero-order valence-electron chi connectivity index (χ0n) is 14.7. The Bertz CT molecular complexity index is 935. The number of carbonyl (C=O) groups is 2. The lowest BCUT2D eigenvalue weighted by molar-refractivity contribution is -0.134. The van der Waals surface area contributed by atoms with Crippen LogP contribution in [0.15, 0.2) is 96.7 Å². The maximum absolute atomic E-state index is 13.1. The summed E-state index contributed by atoms with van der Waals surface area (Å²) in [6.07, 6.45) is 1.52. The minimum absolute atomic E-state index is 0.0705. The molecule has 0 saturated carbocycles. The average Bonchev–Trinajstić information content (AvgIpc) is 2.72. The predicted octanol–water partition coefficient (Wildman–Crippen LogP) is 4.45. The van der Waals surface area contributed by atoms with E-state index in [1.54, 1.807) is 36.4 Å². The van der Waals surface area contributed by atoms with Crippen molar-refractivity contribution in [3.05, 3.63) is 113 Å². The van der Waals surface area contributed by atoms with Crippen molar-refractivity contribution < 1.29 is 14.7 Å². The first-order chi connectivity index (χ1) is 13.1. The fourth-order valence-electron chi connectivity index (χ4n) is 2.73. The number of rotatable bonds is 6. The van der Waals surface area contributed by atoms with Gasteiger partial charge in [-0.05, 0) is 29.3 Å². The Labute approximate surface area is 158 Å². The van der Waals surface area contributed by atoms with Gasteiger partial charge in [-0.25, -0.2) is 4.79 Å². The molecule has 27 heavy (non-hydrogen) atoms. The lowest BCUT2D eigenvalue weighted by Gasteiger charge is -2.23. The van der Waals surface area contributed by atoms with Crippen molar-refractivity contribution in [2.24, 2.45) is 0 Å². The van der Waals surface area contributed by atoms with Crippen molar-refractivity contribution in [2.45, 2.75) is 6.54 Å². The highest BCUT2D eigenvalue weighted by Crippen LogP contribution is 2.19. The van der Waals surface area contributed by atoms with E-state index in [-0.39, 0.29) is 18.1 Å². The van der Waals surface area contributed by atoms with Gasteiger partial charge in [-0.2, -0.15) is 0 Å². The SMILES string of the molecule is O=C(O)C(=Cc1ccccc1)N(Cc1ccccc1)C(=O)c1ccccc1. The van der Waals surface area contributed by atoms with E-state index in [0.717, 1.165) is 5.56 Å². The van der Waals surface area contributed by atoms with Gasteiger partial charge in [0.15, 0.2) is 0 Å². The third-order valence-corrected chi connectivity index (χ3v) is 4.06. The van der Waals surface area contributed by atoms with Gasteiger partial charge in [0.2, 0.25) is 0 Å². The summed E-state index contributed by atoms with van der Waals surface area (Å²) < 4.78 is 0. The highest BCUT2D eigenvalue weighted by atomic mass is 16.4. The van der Waals surface area contributed by atoms with Crippen molar-refractivity contribution in [3.63, 3.8) is 0 Å². The molecule has 3 aromatic carbocycles. The Hall–Kier alpha value is -3.66. The van der Waals surface area contributed by atoms with E-state index in [1.165, 1.54) is 11.0 Å². The van der Waals surface area contributed by atoms with Crippen LogP contribution in [0.5, 0.6) is 0 Å². The molecule has 0 bridgehead atoms. The summed E-state index contributed by atoms with van der Waals surface area (Å²) in [5.41, 5.74) is 1.93. The number of carbonyl (C=O) groups excluding carboxylic acids is 1. The summed E-state index contributed by atoms with van der Waals surface area (Å²) in [5, 5.41) is 9.82. The first-order valence-electron chi connectivity index (χ1n) is 8.56. The molecule has 0 aliphatic carbocycles. The second-order valence-corrected chi connectivity index (χ2v) is 5.99. The van der Waals surface area contributed by atoms with Crippen LogP contribution in [0.3, 0.4) is 0 Å². The van der Waals surface area contributed by atoms with Crippen LogP contribution in [-0.4, -0.2) is 21.9 Å². The van der Waals surface area contributed by atoms with E-state index >= 15 is 0 Å². The molecular weight excluding hydrogens is 338 g/mol. The number of carboxylic acids is 1. The van der Waals surface area contributed by atoms with Gasteiger partial charge in [0, 0.05) is 5.56 Å². The molecule has 0 heterocycles. The van der Waals surface area contributed by atoms with E-state index in [1.807, 2.05) is 54.6 Å².